The molecule has 0 aromatic heterocycles. The van der Waals surface area contributed by atoms with Crippen molar-refractivity contribution in [1.29, 1.82) is 5.26 Å². The first-order chi connectivity index (χ1) is 6.74. The summed E-state index contributed by atoms with van der Waals surface area (Å²) in [7, 11) is 0. The monoisotopic (exact) mass is 193 g/mol. The number of nitrogens with one attached hydrogen (secondary N) is 1. The van der Waals surface area contributed by atoms with Crippen LogP contribution in [0.1, 0.15) is 39.0 Å². The number of rotatable bonds is 2. The van der Waals surface area contributed by atoms with Gasteiger partial charge in [0.1, 0.15) is 6.42 Å². The van der Waals surface area contributed by atoms with Gasteiger partial charge in [-0.1, -0.05) is 13.3 Å². The molecule has 0 spiro atoms. The molecule has 4 nitrogen and oxygen atoms in total. The number of amides is 1. The van der Waals surface area contributed by atoms with Crippen molar-refractivity contribution in [2.75, 3.05) is 0 Å². The molecule has 1 aliphatic rings. The van der Waals surface area contributed by atoms with Crippen LogP contribution in [0.3, 0.4) is 0 Å². The lowest BCUT2D eigenvalue weighted by molar-refractivity contribution is -0.120. The summed E-state index contributed by atoms with van der Waals surface area (Å²) in [5, 5.41) is 12.3. The number of hydrogen-bond donors (Lipinski definition) is 1. The van der Waals surface area contributed by atoms with Crippen molar-refractivity contribution in [2.24, 2.45) is 11.0 Å². The molecule has 1 fully saturated rings. The van der Waals surface area contributed by atoms with Gasteiger partial charge in [-0.15, -0.1) is 0 Å². The van der Waals surface area contributed by atoms with Crippen LogP contribution < -0.4 is 5.43 Å². The highest BCUT2D eigenvalue weighted by atomic mass is 16.2. The normalized spacial score (nSPS) is 24.3. The van der Waals surface area contributed by atoms with Gasteiger partial charge in [0.25, 0.3) is 5.91 Å². The van der Waals surface area contributed by atoms with Crippen molar-refractivity contribution in [2.45, 2.75) is 39.0 Å². The van der Waals surface area contributed by atoms with Crippen LogP contribution in [0.4, 0.5) is 0 Å². The first kappa shape index (κ1) is 10.7. The first-order valence-electron chi connectivity index (χ1n) is 4.96. The number of carbonyl (C=O) groups is 1. The largest absolute Gasteiger partial charge is 0.272 e. The van der Waals surface area contributed by atoms with Crippen LogP contribution in [0.5, 0.6) is 0 Å². The van der Waals surface area contributed by atoms with E-state index in [2.05, 4.69) is 17.5 Å². The third kappa shape index (κ3) is 3.17. The standard InChI is InChI=1S/C10H15N3O/c1-8-4-2-3-5-9(8)12-13-10(14)6-7-11/h8H,2-6H2,1H3,(H,13,14)/t8-/m1/s1. The van der Waals surface area contributed by atoms with Crippen molar-refractivity contribution in [3.63, 3.8) is 0 Å². The maximum Gasteiger partial charge on any atom is 0.254 e. The Hall–Kier alpha value is -1.37. The van der Waals surface area contributed by atoms with Crippen LogP contribution in [0.25, 0.3) is 0 Å². The van der Waals surface area contributed by atoms with Crippen LogP contribution in [0.15, 0.2) is 5.10 Å². The molecular formula is C10H15N3O. The Bertz CT molecular complexity index is 278. The second kappa shape index (κ2) is 5.38. The number of hydrazone groups is 1. The molecule has 1 saturated carbocycles. The second-order valence-electron chi connectivity index (χ2n) is 3.62. The fraction of sp³-hybridized carbons (Fsp3) is 0.700. The van der Waals surface area contributed by atoms with E-state index in [1.165, 1.54) is 6.42 Å². The molecule has 0 saturated heterocycles. The molecule has 0 aliphatic heterocycles. The van der Waals surface area contributed by atoms with E-state index in [0.29, 0.717) is 5.92 Å². The highest BCUT2D eigenvalue weighted by Gasteiger charge is 2.15. The maximum absolute atomic E-state index is 11.0. The smallest absolute Gasteiger partial charge is 0.254 e. The van der Waals surface area contributed by atoms with Gasteiger partial charge in [0, 0.05) is 5.71 Å². The minimum absolute atomic E-state index is 0.120. The SMILES string of the molecule is C[C@@H]1CCCCC1=NNC(=O)CC#N. The fourth-order valence-corrected chi connectivity index (χ4v) is 1.58. The van der Waals surface area contributed by atoms with Gasteiger partial charge in [-0.2, -0.15) is 10.4 Å². The zero-order valence-electron chi connectivity index (χ0n) is 8.42. The quantitative estimate of drug-likeness (QED) is 0.676. The van der Waals surface area contributed by atoms with Gasteiger partial charge in [0.2, 0.25) is 0 Å². The summed E-state index contributed by atoms with van der Waals surface area (Å²) in [6, 6.07) is 1.79. The summed E-state index contributed by atoms with van der Waals surface area (Å²) in [6.45, 7) is 2.12. The van der Waals surface area contributed by atoms with Gasteiger partial charge in [-0.25, -0.2) is 5.43 Å². The molecule has 1 N–H and O–H groups in total. The number of nitriles is 1. The second-order valence-corrected chi connectivity index (χ2v) is 3.62. The average molecular weight is 193 g/mol. The Morgan fingerprint density at radius 3 is 3.14 bits per heavy atom. The summed E-state index contributed by atoms with van der Waals surface area (Å²) in [5.74, 6) is 0.143. The van der Waals surface area contributed by atoms with E-state index in [9.17, 15) is 4.79 Å². The van der Waals surface area contributed by atoms with E-state index in [0.717, 1.165) is 25.0 Å². The minimum atomic E-state index is -0.322. The maximum atomic E-state index is 11.0. The van der Waals surface area contributed by atoms with Crippen molar-refractivity contribution >= 4 is 11.6 Å². The Morgan fingerprint density at radius 2 is 2.50 bits per heavy atom. The molecule has 76 valence electrons. The molecule has 1 atom stereocenters. The minimum Gasteiger partial charge on any atom is -0.272 e. The van der Waals surface area contributed by atoms with Gasteiger partial charge in [-0.05, 0) is 25.2 Å². The number of nitrogens with zero attached hydrogens (tertiary/aromatic N) is 2. The van der Waals surface area contributed by atoms with Gasteiger partial charge in [0.05, 0.1) is 6.07 Å². The van der Waals surface area contributed by atoms with Crippen molar-refractivity contribution in [3.8, 4) is 6.07 Å². The summed E-state index contributed by atoms with van der Waals surface area (Å²) in [4.78, 5) is 11.0. The van der Waals surface area contributed by atoms with Gasteiger partial charge >= 0.3 is 0 Å². The van der Waals surface area contributed by atoms with Crippen LogP contribution in [0, 0.1) is 17.2 Å². The molecule has 1 rings (SSSR count). The lowest BCUT2D eigenvalue weighted by atomic mass is 9.89. The van der Waals surface area contributed by atoms with Crippen LogP contribution in [-0.4, -0.2) is 11.6 Å². The fourth-order valence-electron chi connectivity index (χ4n) is 1.58. The lowest BCUT2D eigenvalue weighted by Gasteiger charge is -2.19. The van der Waals surface area contributed by atoms with Crippen LogP contribution >= 0.6 is 0 Å². The third-order valence-corrected chi connectivity index (χ3v) is 2.45. The van der Waals surface area contributed by atoms with Crippen LogP contribution in [0.2, 0.25) is 0 Å². The molecule has 14 heavy (non-hydrogen) atoms. The summed E-state index contributed by atoms with van der Waals surface area (Å²) < 4.78 is 0. The van der Waals surface area contributed by atoms with Crippen molar-refractivity contribution in [3.05, 3.63) is 0 Å². The molecule has 0 heterocycles. The molecular weight excluding hydrogens is 178 g/mol. The zero-order valence-corrected chi connectivity index (χ0v) is 8.42. The van der Waals surface area contributed by atoms with Gasteiger partial charge in [0.15, 0.2) is 0 Å². The molecule has 1 amide bonds. The molecule has 0 bridgehead atoms. The Labute approximate surface area is 84.0 Å². The lowest BCUT2D eigenvalue weighted by Crippen LogP contribution is -2.23. The summed E-state index contributed by atoms with van der Waals surface area (Å²) in [5.41, 5.74) is 3.47. The Kier molecular flexibility index (Phi) is 4.11. The molecule has 0 aromatic carbocycles. The van der Waals surface area contributed by atoms with Crippen LogP contribution in [-0.2, 0) is 4.79 Å². The van der Waals surface area contributed by atoms with E-state index in [-0.39, 0.29) is 12.3 Å². The molecule has 0 unspecified atom stereocenters. The predicted molar refractivity (Wildman–Crippen MR) is 53.4 cm³/mol. The highest BCUT2D eigenvalue weighted by molar-refractivity contribution is 5.88. The third-order valence-electron chi connectivity index (χ3n) is 2.45. The van der Waals surface area contributed by atoms with E-state index in [4.69, 9.17) is 5.26 Å². The van der Waals surface area contributed by atoms with E-state index < -0.39 is 0 Å². The molecule has 0 aromatic rings. The van der Waals surface area contributed by atoms with E-state index in [1.807, 2.05) is 0 Å². The Morgan fingerprint density at radius 1 is 1.71 bits per heavy atom. The highest BCUT2D eigenvalue weighted by Crippen LogP contribution is 2.20. The Balaban J connectivity index is 2.43. The van der Waals surface area contributed by atoms with Crippen molar-refractivity contribution in [1.82, 2.24) is 5.43 Å². The van der Waals surface area contributed by atoms with Crippen molar-refractivity contribution < 1.29 is 4.79 Å². The summed E-state index contributed by atoms with van der Waals surface area (Å²) in [6.07, 6.45) is 4.38. The predicted octanol–water partition coefficient (Wildman–Crippen LogP) is 1.58. The zero-order chi connectivity index (χ0) is 10.4. The van der Waals surface area contributed by atoms with Gasteiger partial charge in [-0.3, -0.25) is 4.79 Å². The van der Waals surface area contributed by atoms with E-state index >= 15 is 0 Å². The molecule has 4 heteroatoms. The van der Waals surface area contributed by atoms with Gasteiger partial charge < -0.3 is 0 Å². The number of hydrogen-bond acceptors (Lipinski definition) is 3. The molecule has 1 aliphatic carbocycles. The average Bonchev–Trinajstić information content (AvgIpc) is 2.17. The topological polar surface area (TPSA) is 65.2 Å². The summed E-state index contributed by atoms with van der Waals surface area (Å²) >= 11 is 0. The first-order valence-corrected chi connectivity index (χ1v) is 4.96. The van der Waals surface area contributed by atoms with E-state index in [1.54, 1.807) is 6.07 Å². The number of carbonyl (C=O) groups excluding carboxylic acids is 1. The molecule has 0 radical (unpaired) electrons.